The summed E-state index contributed by atoms with van der Waals surface area (Å²) in [6.45, 7) is 1.44. The fraction of sp³-hybridized carbons (Fsp3) is 0.323. The Labute approximate surface area is 240 Å². The molecule has 1 aliphatic rings. The van der Waals surface area contributed by atoms with Crippen molar-refractivity contribution in [3.8, 4) is 11.3 Å². The number of carbonyl (C=O) groups excluding carboxylic acids is 2. The van der Waals surface area contributed by atoms with Crippen LogP contribution in [-0.2, 0) is 22.6 Å². The first-order chi connectivity index (χ1) is 20.2. The van der Waals surface area contributed by atoms with E-state index >= 15 is 0 Å². The van der Waals surface area contributed by atoms with Gasteiger partial charge in [-0.1, -0.05) is 30.3 Å². The van der Waals surface area contributed by atoms with E-state index in [-0.39, 0.29) is 18.4 Å². The van der Waals surface area contributed by atoms with Crippen molar-refractivity contribution in [1.29, 1.82) is 0 Å². The monoisotopic (exact) mass is 582 g/mol. The summed E-state index contributed by atoms with van der Waals surface area (Å²) >= 11 is 0. The molecule has 220 valence electrons. The van der Waals surface area contributed by atoms with E-state index in [1.807, 2.05) is 52.5 Å². The lowest BCUT2D eigenvalue weighted by molar-refractivity contribution is -0.173. The van der Waals surface area contributed by atoms with Crippen molar-refractivity contribution in [2.45, 2.75) is 38.0 Å². The largest absolute Gasteiger partial charge is 0.471 e. The van der Waals surface area contributed by atoms with Crippen LogP contribution in [0.5, 0.6) is 0 Å². The number of benzene rings is 2. The molecule has 1 N–H and O–H groups in total. The van der Waals surface area contributed by atoms with Crippen LogP contribution in [0.3, 0.4) is 0 Å². The van der Waals surface area contributed by atoms with Crippen LogP contribution in [0, 0.1) is 5.82 Å². The first-order valence-electron chi connectivity index (χ1n) is 13.6. The minimum absolute atomic E-state index is 0.137. The Morgan fingerprint density at radius 3 is 2.55 bits per heavy atom. The second kappa shape index (κ2) is 12.3. The third-order valence-corrected chi connectivity index (χ3v) is 7.61. The van der Waals surface area contributed by atoms with E-state index in [1.54, 1.807) is 18.2 Å². The fourth-order valence-electron chi connectivity index (χ4n) is 5.49. The topological polar surface area (TPSA) is 76.5 Å². The van der Waals surface area contributed by atoms with Gasteiger partial charge in [0.2, 0.25) is 0 Å². The number of hydrogen-bond donors (Lipinski definition) is 1. The normalized spacial score (nSPS) is 14.4. The second-order valence-electron chi connectivity index (χ2n) is 10.2. The van der Waals surface area contributed by atoms with Crippen LogP contribution in [0.25, 0.3) is 22.2 Å². The molecular formula is C31H30F4N4O3. The molecule has 11 heteroatoms. The summed E-state index contributed by atoms with van der Waals surface area (Å²) in [7, 11) is 1.62. The van der Waals surface area contributed by atoms with E-state index in [2.05, 4.69) is 4.98 Å². The van der Waals surface area contributed by atoms with Gasteiger partial charge < -0.3 is 19.5 Å². The molecule has 2 aromatic heterocycles. The summed E-state index contributed by atoms with van der Waals surface area (Å²) in [4.78, 5) is 31.4. The lowest BCUT2D eigenvalue weighted by Crippen LogP contribution is -2.38. The predicted molar refractivity (Wildman–Crippen MR) is 149 cm³/mol. The van der Waals surface area contributed by atoms with Crippen LogP contribution >= 0.6 is 0 Å². The van der Waals surface area contributed by atoms with Gasteiger partial charge in [-0.25, -0.2) is 4.39 Å². The number of halogens is 4. The number of fused-ring (bicyclic) bond motifs is 1. The predicted octanol–water partition coefficient (Wildman–Crippen LogP) is 5.69. The molecular weight excluding hydrogens is 552 g/mol. The van der Waals surface area contributed by atoms with Crippen molar-refractivity contribution in [2.24, 2.45) is 0 Å². The number of ether oxygens (including phenoxy) is 1. The molecule has 1 fully saturated rings. The molecule has 0 atom stereocenters. The van der Waals surface area contributed by atoms with Gasteiger partial charge in [-0.05, 0) is 54.2 Å². The molecule has 7 nitrogen and oxygen atoms in total. The molecule has 1 saturated heterocycles. The van der Waals surface area contributed by atoms with Gasteiger partial charge in [-0.3, -0.25) is 14.6 Å². The second-order valence-corrected chi connectivity index (χ2v) is 10.2. The molecule has 5 rings (SSSR count). The fourth-order valence-corrected chi connectivity index (χ4v) is 5.49. The Balaban J connectivity index is 1.36. The molecule has 0 saturated carbocycles. The lowest BCUT2D eigenvalue weighted by atomic mass is 9.88. The number of nitrogens with one attached hydrogen (secondary N) is 1. The minimum atomic E-state index is -4.99. The third kappa shape index (κ3) is 6.15. The van der Waals surface area contributed by atoms with Crippen LogP contribution < -0.4 is 5.32 Å². The van der Waals surface area contributed by atoms with E-state index in [0.717, 1.165) is 22.2 Å². The molecule has 2 aromatic carbocycles. The molecule has 2 amide bonds. The van der Waals surface area contributed by atoms with Gasteiger partial charge in [-0.15, -0.1) is 0 Å². The van der Waals surface area contributed by atoms with Crippen LogP contribution in [-0.4, -0.2) is 59.2 Å². The zero-order chi connectivity index (χ0) is 29.9. The van der Waals surface area contributed by atoms with Crippen molar-refractivity contribution >= 4 is 22.7 Å². The maximum absolute atomic E-state index is 14.8. The highest BCUT2D eigenvalue weighted by molar-refractivity contribution is 6.12. The highest BCUT2D eigenvalue weighted by Gasteiger charge is 2.38. The Kier molecular flexibility index (Phi) is 8.58. The van der Waals surface area contributed by atoms with Crippen molar-refractivity contribution in [3.63, 3.8) is 0 Å². The molecule has 3 heterocycles. The minimum Gasteiger partial charge on any atom is -0.383 e. The molecule has 4 aromatic rings. The third-order valence-electron chi connectivity index (χ3n) is 7.61. The zero-order valence-electron chi connectivity index (χ0n) is 23.0. The van der Waals surface area contributed by atoms with Gasteiger partial charge in [-0.2, -0.15) is 13.2 Å². The standard InChI is InChI=1S/C31H30F4N4O3/c1-42-16-15-39-19-24(28-22(5-4-7-27(28)39)26-6-2-3-12-36-26)29(40)38-13-10-21(11-14-38)23-17-20(8-9-25(23)32)18-37-30(41)31(33,34)35/h2-9,12,17,19,21H,10-11,13-16,18H2,1H3,(H,37,41). The molecule has 42 heavy (non-hydrogen) atoms. The Bertz CT molecular complexity index is 1580. The molecule has 0 radical (unpaired) electrons. The summed E-state index contributed by atoms with van der Waals surface area (Å²) in [5, 5.41) is 2.63. The van der Waals surface area contributed by atoms with E-state index in [0.29, 0.717) is 55.8 Å². The van der Waals surface area contributed by atoms with E-state index in [1.165, 1.54) is 18.2 Å². The summed E-state index contributed by atoms with van der Waals surface area (Å²) < 4.78 is 59.7. The highest BCUT2D eigenvalue weighted by Crippen LogP contribution is 2.35. The van der Waals surface area contributed by atoms with Crippen molar-refractivity contribution in [1.82, 2.24) is 19.8 Å². The van der Waals surface area contributed by atoms with Gasteiger partial charge in [0.1, 0.15) is 5.82 Å². The quantitative estimate of drug-likeness (QED) is 0.271. The molecule has 0 bridgehead atoms. The molecule has 0 spiro atoms. The molecule has 1 aliphatic heterocycles. The zero-order valence-corrected chi connectivity index (χ0v) is 23.0. The number of hydrogen-bond acceptors (Lipinski definition) is 4. The van der Waals surface area contributed by atoms with Crippen molar-refractivity contribution in [2.75, 3.05) is 26.8 Å². The SMILES string of the molecule is COCCn1cc(C(=O)N2CCC(c3cc(CNC(=O)C(F)(F)F)ccc3F)CC2)c2c(-c3ccccn3)cccc21. The van der Waals surface area contributed by atoms with Crippen LogP contribution in [0.1, 0.15) is 40.2 Å². The number of alkyl halides is 3. The van der Waals surface area contributed by atoms with Gasteiger partial charge >= 0.3 is 12.1 Å². The summed E-state index contributed by atoms with van der Waals surface area (Å²) in [6.07, 6.45) is -0.465. The van der Waals surface area contributed by atoms with E-state index in [9.17, 15) is 27.2 Å². The maximum Gasteiger partial charge on any atom is 0.471 e. The van der Waals surface area contributed by atoms with Gasteiger partial charge in [0.05, 0.1) is 17.9 Å². The van der Waals surface area contributed by atoms with Crippen LogP contribution in [0.4, 0.5) is 17.6 Å². The van der Waals surface area contributed by atoms with E-state index in [4.69, 9.17) is 4.74 Å². The summed E-state index contributed by atoms with van der Waals surface area (Å²) in [5.41, 5.74) is 3.78. The Hall–Kier alpha value is -4.25. The Morgan fingerprint density at radius 2 is 1.86 bits per heavy atom. The number of rotatable bonds is 8. The van der Waals surface area contributed by atoms with Crippen molar-refractivity contribution in [3.05, 3.63) is 89.5 Å². The number of carbonyl (C=O) groups is 2. The molecule has 0 unspecified atom stereocenters. The maximum atomic E-state index is 14.8. The van der Waals surface area contributed by atoms with Crippen LogP contribution in [0.15, 0.2) is 67.0 Å². The van der Waals surface area contributed by atoms with Gasteiger partial charge in [0.25, 0.3) is 5.91 Å². The average Bonchev–Trinajstić information content (AvgIpc) is 3.38. The number of likely N-dealkylation sites (tertiary alicyclic amines) is 1. The number of nitrogens with zero attached hydrogens (tertiary/aromatic N) is 3. The number of methoxy groups -OCH3 is 1. The first-order valence-corrected chi connectivity index (χ1v) is 13.6. The summed E-state index contributed by atoms with van der Waals surface area (Å²) in [5.74, 6) is -2.87. The van der Waals surface area contributed by atoms with Gasteiger partial charge in [0.15, 0.2) is 0 Å². The van der Waals surface area contributed by atoms with Crippen LogP contribution in [0.2, 0.25) is 0 Å². The first kappa shape index (κ1) is 29.2. The number of amides is 2. The smallest absolute Gasteiger partial charge is 0.383 e. The number of aromatic nitrogens is 2. The highest BCUT2D eigenvalue weighted by atomic mass is 19.4. The molecule has 0 aliphatic carbocycles. The van der Waals surface area contributed by atoms with E-state index < -0.39 is 17.9 Å². The number of piperidine rings is 1. The number of pyridine rings is 1. The Morgan fingerprint density at radius 1 is 1.07 bits per heavy atom. The average molecular weight is 583 g/mol. The summed E-state index contributed by atoms with van der Waals surface area (Å²) in [6, 6.07) is 15.5. The van der Waals surface area contributed by atoms with Gasteiger partial charge in [0, 0.05) is 62.1 Å². The lowest BCUT2D eigenvalue weighted by Gasteiger charge is -2.32. The van der Waals surface area contributed by atoms with Crippen molar-refractivity contribution < 1.29 is 31.9 Å².